The average Bonchev–Trinajstić information content (AvgIpc) is 2.92. The average molecular weight is 258 g/mol. The van der Waals surface area contributed by atoms with Crippen LogP contribution in [0.2, 0.25) is 0 Å². The molecule has 6 heteroatoms. The quantitative estimate of drug-likeness (QED) is 0.649. The van der Waals surface area contributed by atoms with Crippen molar-refractivity contribution in [1.82, 2.24) is 19.5 Å². The lowest BCUT2D eigenvalue weighted by molar-refractivity contribution is 0.295. The van der Waals surface area contributed by atoms with E-state index < -0.39 is 0 Å². The minimum absolute atomic E-state index is 0.0778. The summed E-state index contributed by atoms with van der Waals surface area (Å²) in [5, 5.41) is 8.97. The number of H-pyrrole nitrogens is 2. The van der Waals surface area contributed by atoms with Crippen molar-refractivity contribution in [3.8, 4) is 11.3 Å². The number of imidazole rings is 2. The lowest BCUT2D eigenvalue weighted by atomic mass is 10.1. The molecule has 2 aromatic heterocycles. The van der Waals surface area contributed by atoms with Gasteiger partial charge in [-0.05, 0) is 12.1 Å². The number of hydrogen-bond acceptors (Lipinski definition) is 3. The van der Waals surface area contributed by atoms with Crippen LogP contribution in [0.25, 0.3) is 22.3 Å². The van der Waals surface area contributed by atoms with Gasteiger partial charge < -0.3 is 19.6 Å². The Kier molecular flexibility index (Phi) is 2.72. The number of rotatable bonds is 3. The normalized spacial score (nSPS) is 11.3. The van der Waals surface area contributed by atoms with Crippen LogP contribution < -0.4 is 5.69 Å². The fourth-order valence-electron chi connectivity index (χ4n) is 2.24. The number of benzene rings is 1. The fourth-order valence-corrected chi connectivity index (χ4v) is 2.24. The van der Waals surface area contributed by atoms with Gasteiger partial charge in [-0.2, -0.15) is 0 Å². The number of aliphatic hydroxyl groups excluding tert-OH is 1. The summed E-state index contributed by atoms with van der Waals surface area (Å²) in [6.45, 7) is 0.0778. The highest BCUT2D eigenvalue weighted by Crippen LogP contribution is 2.22. The van der Waals surface area contributed by atoms with Crippen molar-refractivity contribution in [2.45, 2.75) is 6.42 Å². The van der Waals surface area contributed by atoms with Gasteiger partial charge in [-0.3, -0.25) is 0 Å². The van der Waals surface area contributed by atoms with Gasteiger partial charge in [-0.15, -0.1) is 0 Å². The molecule has 3 aromatic rings. The minimum Gasteiger partial charge on any atom is -0.396 e. The molecule has 98 valence electrons. The summed E-state index contributed by atoms with van der Waals surface area (Å²) in [4.78, 5) is 21.0. The Bertz CT molecular complexity index is 781. The van der Waals surface area contributed by atoms with E-state index in [2.05, 4.69) is 15.0 Å². The molecule has 1 aromatic carbocycles. The second-order valence-corrected chi connectivity index (χ2v) is 4.43. The van der Waals surface area contributed by atoms with Gasteiger partial charge >= 0.3 is 5.69 Å². The van der Waals surface area contributed by atoms with Crippen molar-refractivity contribution in [1.29, 1.82) is 0 Å². The molecule has 2 heterocycles. The van der Waals surface area contributed by atoms with Crippen LogP contribution in [-0.4, -0.2) is 31.2 Å². The van der Waals surface area contributed by atoms with Crippen LogP contribution in [-0.2, 0) is 13.5 Å². The molecular weight excluding hydrogens is 244 g/mol. The fraction of sp³-hybridized carbons (Fsp3) is 0.231. The number of aromatic nitrogens is 4. The zero-order chi connectivity index (χ0) is 13.4. The third-order valence-corrected chi connectivity index (χ3v) is 3.23. The molecule has 0 radical (unpaired) electrons. The molecule has 0 spiro atoms. The van der Waals surface area contributed by atoms with E-state index in [1.807, 2.05) is 29.8 Å². The summed E-state index contributed by atoms with van der Waals surface area (Å²) in [5.74, 6) is 0.833. The Morgan fingerprint density at radius 3 is 2.89 bits per heavy atom. The van der Waals surface area contributed by atoms with Crippen LogP contribution in [0.3, 0.4) is 0 Å². The molecule has 0 saturated heterocycles. The molecule has 6 nitrogen and oxygen atoms in total. The summed E-state index contributed by atoms with van der Waals surface area (Å²) in [6.07, 6.45) is 2.30. The SMILES string of the molecule is Cn1c(-c2ccc3[nH]c(=O)[nH]c3c2)cnc1CCO. The van der Waals surface area contributed by atoms with Crippen molar-refractivity contribution < 1.29 is 5.11 Å². The second kappa shape index (κ2) is 4.40. The molecule has 0 amide bonds. The van der Waals surface area contributed by atoms with Gasteiger partial charge in [0, 0.05) is 19.0 Å². The van der Waals surface area contributed by atoms with Gasteiger partial charge in [-0.25, -0.2) is 9.78 Å². The topological polar surface area (TPSA) is 86.7 Å². The number of hydrogen-bond donors (Lipinski definition) is 3. The zero-order valence-corrected chi connectivity index (χ0v) is 10.5. The Labute approximate surface area is 108 Å². The Morgan fingerprint density at radius 2 is 2.11 bits per heavy atom. The first kappa shape index (κ1) is 11.7. The maximum Gasteiger partial charge on any atom is 0.323 e. The van der Waals surface area contributed by atoms with Crippen molar-refractivity contribution in [3.05, 3.63) is 40.7 Å². The van der Waals surface area contributed by atoms with E-state index in [-0.39, 0.29) is 12.3 Å². The third kappa shape index (κ3) is 1.96. The van der Waals surface area contributed by atoms with Crippen molar-refractivity contribution >= 4 is 11.0 Å². The molecule has 0 fully saturated rings. The molecule has 0 aliphatic rings. The molecule has 0 unspecified atom stereocenters. The Hall–Kier alpha value is -2.34. The van der Waals surface area contributed by atoms with Crippen LogP contribution >= 0.6 is 0 Å². The van der Waals surface area contributed by atoms with Gasteiger partial charge in [0.25, 0.3) is 0 Å². The summed E-state index contributed by atoms with van der Waals surface area (Å²) in [5.41, 5.74) is 3.27. The van der Waals surface area contributed by atoms with Crippen molar-refractivity contribution in [2.24, 2.45) is 7.05 Å². The standard InChI is InChI=1S/C13H14N4O2/c1-17-11(7-14-12(17)4-5-18)8-2-3-9-10(6-8)16-13(19)15-9/h2-3,6-7,18H,4-5H2,1H3,(H2,15,16,19). The van der Waals surface area contributed by atoms with Crippen LogP contribution in [0.15, 0.2) is 29.2 Å². The predicted octanol–water partition coefficient (Wildman–Crippen LogP) is 0.791. The van der Waals surface area contributed by atoms with Crippen LogP contribution in [0.5, 0.6) is 0 Å². The molecule has 0 atom stereocenters. The molecule has 3 N–H and O–H groups in total. The van der Waals surface area contributed by atoms with E-state index >= 15 is 0 Å². The van der Waals surface area contributed by atoms with Gasteiger partial charge in [0.05, 0.1) is 29.5 Å². The van der Waals surface area contributed by atoms with E-state index in [9.17, 15) is 4.79 Å². The first-order chi connectivity index (χ1) is 9.19. The molecule has 3 rings (SSSR count). The van der Waals surface area contributed by atoms with Crippen molar-refractivity contribution in [3.63, 3.8) is 0 Å². The van der Waals surface area contributed by atoms with E-state index in [0.29, 0.717) is 6.42 Å². The Morgan fingerprint density at radius 1 is 1.32 bits per heavy atom. The summed E-state index contributed by atoms with van der Waals surface area (Å²) >= 11 is 0. The van der Waals surface area contributed by atoms with E-state index in [4.69, 9.17) is 5.11 Å². The molecule has 0 bridgehead atoms. The van der Waals surface area contributed by atoms with Gasteiger partial charge in [-0.1, -0.05) is 6.07 Å². The predicted molar refractivity (Wildman–Crippen MR) is 71.9 cm³/mol. The lowest BCUT2D eigenvalue weighted by Crippen LogP contribution is -2.02. The highest BCUT2D eigenvalue weighted by molar-refractivity contribution is 5.80. The number of aromatic amines is 2. The smallest absolute Gasteiger partial charge is 0.323 e. The summed E-state index contributed by atoms with van der Waals surface area (Å²) in [7, 11) is 1.91. The van der Waals surface area contributed by atoms with Crippen LogP contribution in [0, 0.1) is 0 Å². The molecule has 0 saturated carbocycles. The second-order valence-electron chi connectivity index (χ2n) is 4.43. The Balaban J connectivity index is 2.10. The van der Waals surface area contributed by atoms with E-state index in [1.54, 1.807) is 6.20 Å². The largest absolute Gasteiger partial charge is 0.396 e. The highest BCUT2D eigenvalue weighted by atomic mass is 16.3. The van der Waals surface area contributed by atoms with E-state index in [0.717, 1.165) is 28.1 Å². The maximum absolute atomic E-state index is 11.2. The minimum atomic E-state index is -0.210. The highest BCUT2D eigenvalue weighted by Gasteiger charge is 2.09. The first-order valence-corrected chi connectivity index (χ1v) is 6.03. The number of fused-ring (bicyclic) bond motifs is 1. The third-order valence-electron chi connectivity index (χ3n) is 3.23. The maximum atomic E-state index is 11.2. The number of aliphatic hydroxyl groups is 1. The molecule has 0 aliphatic carbocycles. The van der Waals surface area contributed by atoms with E-state index in [1.165, 1.54) is 0 Å². The molecule has 0 aliphatic heterocycles. The van der Waals surface area contributed by atoms with Gasteiger partial charge in [0.1, 0.15) is 5.82 Å². The number of nitrogens with zero attached hydrogens (tertiary/aromatic N) is 2. The summed E-state index contributed by atoms with van der Waals surface area (Å²) in [6, 6.07) is 5.71. The van der Waals surface area contributed by atoms with Crippen molar-refractivity contribution in [2.75, 3.05) is 6.61 Å². The summed E-state index contributed by atoms with van der Waals surface area (Å²) < 4.78 is 1.95. The number of nitrogens with one attached hydrogen (secondary N) is 2. The zero-order valence-electron chi connectivity index (χ0n) is 10.5. The van der Waals surface area contributed by atoms with Crippen LogP contribution in [0.4, 0.5) is 0 Å². The van der Waals surface area contributed by atoms with Crippen LogP contribution in [0.1, 0.15) is 5.82 Å². The molecular formula is C13H14N4O2. The van der Waals surface area contributed by atoms with Gasteiger partial charge in [0.2, 0.25) is 0 Å². The molecule has 19 heavy (non-hydrogen) atoms. The van der Waals surface area contributed by atoms with Gasteiger partial charge in [0.15, 0.2) is 0 Å². The first-order valence-electron chi connectivity index (χ1n) is 6.03. The lowest BCUT2D eigenvalue weighted by Gasteiger charge is -2.05. The monoisotopic (exact) mass is 258 g/mol.